The Balaban J connectivity index is 3.90. The number of aliphatic hydroxyl groups excluding tert-OH is 4. The maximum absolute atomic E-state index is 8.85. The lowest BCUT2D eigenvalue weighted by Gasteiger charge is -2.17. The smallest absolute Gasteiger partial charge is 0.121 e. The van der Waals surface area contributed by atoms with Gasteiger partial charge in [-0.2, -0.15) is 0 Å². The van der Waals surface area contributed by atoms with Crippen LogP contribution in [0.5, 0.6) is 0 Å². The zero-order chi connectivity index (χ0) is 8.85. The van der Waals surface area contributed by atoms with Crippen LogP contribution in [0.3, 0.4) is 0 Å². The maximum Gasteiger partial charge on any atom is 0.121 e. The molecule has 0 saturated carbocycles. The van der Waals surface area contributed by atoms with E-state index in [9.17, 15) is 0 Å². The minimum absolute atomic E-state index is 0.642. The van der Waals surface area contributed by atoms with Crippen LogP contribution in [0.15, 0.2) is 5.16 Å². The van der Waals surface area contributed by atoms with Crippen molar-refractivity contribution in [2.24, 2.45) is 5.16 Å². The van der Waals surface area contributed by atoms with E-state index in [1.807, 2.05) is 0 Å². The summed E-state index contributed by atoms with van der Waals surface area (Å²) in [4.78, 5) is 0. The third-order valence-electron chi connectivity index (χ3n) is 1.15. The van der Waals surface area contributed by atoms with Gasteiger partial charge in [-0.15, -0.1) is 0 Å². The van der Waals surface area contributed by atoms with Gasteiger partial charge in [0.15, 0.2) is 0 Å². The van der Waals surface area contributed by atoms with Crippen LogP contribution in [0.4, 0.5) is 0 Å². The number of hydrogen-bond donors (Lipinski definition) is 5. The highest BCUT2D eigenvalue weighted by molar-refractivity contribution is 5.62. The van der Waals surface area contributed by atoms with Crippen LogP contribution in [-0.4, -0.2) is 56.8 Å². The Morgan fingerprint density at radius 1 is 1.27 bits per heavy atom. The van der Waals surface area contributed by atoms with Gasteiger partial charge in [-0.05, 0) is 0 Å². The second-order valence-corrected chi connectivity index (χ2v) is 2.00. The van der Waals surface area contributed by atoms with Crippen LogP contribution in [0.2, 0.25) is 0 Å². The van der Waals surface area contributed by atoms with E-state index in [1.54, 1.807) is 0 Å². The van der Waals surface area contributed by atoms with E-state index >= 15 is 0 Å². The summed E-state index contributed by atoms with van der Waals surface area (Å²) in [6, 6.07) is 0. The van der Waals surface area contributed by atoms with Crippen molar-refractivity contribution in [1.29, 1.82) is 0 Å². The van der Waals surface area contributed by atoms with Gasteiger partial charge in [0.1, 0.15) is 18.3 Å². The van der Waals surface area contributed by atoms with Crippen molar-refractivity contribution in [3.05, 3.63) is 0 Å². The molecule has 0 unspecified atom stereocenters. The largest absolute Gasteiger partial charge is 0.411 e. The van der Waals surface area contributed by atoms with E-state index in [0.29, 0.717) is 6.21 Å². The van der Waals surface area contributed by atoms with Gasteiger partial charge in [-0.3, -0.25) is 0 Å². The topological polar surface area (TPSA) is 114 Å². The third kappa shape index (κ3) is 3.28. The Labute approximate surface area is 63.0 Å². The van der Waals surface area contributed by atoms with Gasteiger partial charge in [0.2, 0.25) is 0 Å². The van der Waals surface area contributed by atoms with Gasteiger partial charge in [0, 0.05) is 0 Å². The van der Waals surface area contributed by atoms with Crippen molar-refractivity contribution in [2.75, 3.05) is 6.61 Å². The number of oxime groups is 1. The zero-order valence-corrected chi connectivity index (χ0v) is 5.70. The molecular formula is C5H11NO5. The number of aliphatic hydroxyl groups is 4. The molecule has 0 aromatic carbocycles. The fraction of sp³-hybridized carbons (Fsp3) is 0.800. The summed E-state index contributed by atoms with van der Waals surface area (Å²) in [7, 11) is 0. The van der Waals surface area contributed by atoms with E-state index in [2.05, 4.69) is 5.16 Å². The van der Waals surface area contributed by atoms with Crippen molar-refractivity contribution < 1.29 is 25.6 Å². The predicted molar refractivity (Wildman–Crippen MR) is 35.4 cm³/mol. The summed E-state index contributed by atoms with van der Waals surface area (Å²) < 4.78 is 0. The maximum atomic E-state index is 8.85. The lowest BCUT2D eigenvalue weighted by atomic mass is 10.1. The molecule has 0 aromatic heterocycles. The van der Waals surface area contributed by atoms with E-state index in [4.69, 9.17) is 25.6 Å². The molecule has 0 aliphatic heterocycles. The molecule has 0 aliphatic carbocycles. The first-order valence-electron chi connectivity index (χ1n) is 2.96. The molecule has 6 heteroatoms. The van der Waals surface area contributed by atoms with Crippen molar-refractivity contribution >= 4 is 6.21 Å². The molecule has 0 spiro atoms. The average molecular weight is 165 g/mol. The Bertz CT molecular complexity index is 128. The first-order chi connectivity index (χ1) is 5.13. The van der Waals surface area contributed by atoms with E-state index in [1.165, 1.54) is 0 Å². The molecule has 0 saturated heterocycles. The second kappa shape index (κ2) is 5.03. The molecular weight excluding hydrogens is 154 g/mol. The third-order valence-corrected chi connectivity index (χ3v) is 1.15. The summed E-state index contributed by atoms with van der Waals surface area (Å²) in [5.41, 5.74) is 0. The molecule has 0 heterocycles. The molecule has 5 N–H and O–H groups in total. The van der Waals surface area contributed by atoms with Crippen molar-refractivity contribution in [3.63, 3.8) is 0 Å². The Morgan fingerprint density at radius 3 is 2.18 bits per heavy atom. The molecule has 0 aliphatic rings. The average Bonchev–Trinajstić information content (AvgIpc) is 2.02. The molecule has 66 valence electrons. The summed E-state index contributed by atoms with van der Waals surface area (Å²) in [5.74, 6) is 0. The highest BCUT2D eigenvalue weighted by Gasteiger charge is 2.22. The molecule has 0 aromatic rings. The fourth-order valence-corrected chi connectivity index (χ4v) is 0.492. The lowest BCUT2D eigenvalue weighted by Crippen LogP contribution is -2.40. The van der Waals surface area contributed by atoms with Crippen LogP contribution in [0.1, 0.15) is 0 Å². The Morgan fingerprint density at radius 2 is 1.82 bits per heavy atom. The Kier molecular flexibility index (Phi) is 4.71. The van der Waals surface area contributed by atoms with Gasteiger partial charge in [-0.1, -0.05) is 5.16 Å². The fourth-order valence-electron chi connectivity index (χ4n) is 0.492. The van der Waals surface area contributed by atoms with Gasteiger partial charge < -0.3 is 25.6 Å². The van der Waals surface area contributed by atoms with Crippen LogP contribution in [-0.2, 0) is 0 Å². The predicted octanol–water partition coefficient (Wildman–Crippen LogP) is -2.48. The van der Waals surface area contributed by atoms with Gasteiger partial charge in [0.25, 0.3) is 0 Å². The van der Waals surface area contributed by atoms with Gasteiger partial charge in [-0.25, -0.2) is 0 Å². The van der Waals surface area contributed by atoms with Crippen molar-refractivity contribution in [1.82, 2.24) is 0 Å². The lowest BCUT2D eigenvalue weighted by molar-refractivity contribution is -0.0546. The summed E-state index contributed by atoms with van der Waals surface area (Å²) in [5, 5.41) is 45.0. The standard InChI is InChI=1S/C5H11NO5/c7-2-4(9)5(10)3(8)1-6-11/h1,3-5,7-11H,2H2/b6-1-/t3-,4-,5+/m1/s1. The molecule has 0 rings (SSSR count). The quantitative estimate of drug-likeness (QED) is 0.180. The molecule has 0 bridgehead atoms. The van der Waals surface area contributed by atoms with E-state index in [-0.39, 0.29) is 0 Å². The number of nitrogens with zero attached hydrogens (tertiary/aromatic N) is 1. The number of rotatable bonds is 4. The van der Waals surface area contributed by atoms with E-state index < -0.39 is 24.9 Å². The van der Waals surface area contributed by atoms with Crippen molar-refractivity contribution in [3.8, 4) is 0 Å². The monoisotopic (exact) mass is 165 g/mol. The minimum atomic E-state index is -1.55. The molecule has 11 heavy (non-hydrogen) atoms. The first kappa shape index (κ1) is 10.3. The van der Waals surface area contributed by atoms with Crippen LogP contribution >= 0.6 is 0 Å². The molecule has 6 nitrogen and oxygen atoms in total. The van der Waals surface area contributed by atoms with Gasteiger partial charge >= 0.3 is 0 Å². The molecule has 0 amide bonds. The van der Waals surface area contributed by atoms with Crippen LogP contribution in [0.25, 0.3) is 0 Å². The first-order valence-corrected chi connectivity index (χ1v) is 2.96. The Hall–Kier alpha value is -0.690. The normalized spacial score (nSPS) is 20.0. The highest BCUT2D eigenvalue weighted by atomic mass is 16.4. The molecule has 3 atom stereocenters. The van der Waals surface area contributed by atoms with Gasteiger partial charge in [0.05, 0.1) is 12.8 Å². The summed E-state index contributed by atoms with van der Waals surface area (Å²) >= 11 is 0. The van der Waals surface area contributed by atoms with Crippen LogP contribution in [0, 0.1) is 0 Å². The van der Waals surface area contributed by atoms with E-state index in [0.717, 1.165) is 0 Å². The highest BCUT2D eigenvalue weighted by Crippen LogP contribution is 1.97. The number of hydrogen-bond acceptors (Lipinski definition) is 6. The van der Waals surface area contributed by atoms with Crippen molar-refractivity contribution in [2.45, 2.75) is 18.3 Å². The summed E-state index contributed by atoms with van der Waals surface area (Å²) in [6.07, 6.45) is -3.83. The second-order valence-electron chi connectivity index (χ2n) is 2.00. The SMILES string of the molecule is OC[C@@H](O)[C@@H](O)[C@H](O)/C=N\O. The molecule has 0 fully saturated rings. The minimum Gasteiger partial charge on any atom is -0.411 e. The molecule has 0 radical (unpaired) electrons. The zero-order valence-electron chi connectivity index (χ0n) is 5.70. The van der Waals surface area contributed by atoms with Crippen LogP contribution < -0.4 is 0 Å². The summed E-state index contributed by atoms with van der Waals surface area (Å²) in [6.45, 7) is -0.669.